The quantitative estimate of drug-likeness (QED) is 0.858. The first-order chi connectivity index (χ1) is 8.66. The molecule has 1 aromatic carbocycles. The third-order valence-electron chi connectivity index (χ3n) is 3.20. The molecule has 0 spiro atoms. The Hall–Kier alpha value is -0.580. The Morgan fingerprint density at radius 2 is 2.11 bits per heavy atom. The smallest absolute Gasteiger partial charge is 0.236 e. The van der Waals surface area contributed by atoms with Crippen LogP contribution in [0.2, 0.25) is 0 Å². The summed E-state index contributed by atoms with van der Waals surface area (Å²) in [6.07, 6.45) is 2.63. The molecular weight excluding hydrogens is 328 g/mol. The summed E-state index contributed by atoms with van der Waals surface area (Å²) in [4.78, 5) is 13.7. The van der Waals surface area contributed by atoms with Crippen molar-refractivity contribution in [3.05, 3.63) is 34.3 Å². The predicted octanol–water partition coefficient (Wildman–Crippen LogP) is 2.83. The van der Waals surface area contributed by atoms with Crippen LogP contribution in [0.1, 0.15) is 18.4 Å². The van der Waals surface area contributed by atoms with Crippen molar-refractivity contribution in [2.45, 2.75) is 19.4 Å². The van der Waals surface area contributed by atoms with E-state index in [1.54, 1.807) is 4.90 Å². The number of benzene rings is 1. The van der Waals surface area contributed by atoms with Gasteiger partial charge in [-0.2, -0.15) is 0 Å². The van der Waals surface area contributed by atoms with E-state index in [2.05, 4.69) is 21.2 Å². The molecule has 1 fully saturated rings. The van der Waals surface area contributed by atoms with E-state index in [9.17, 15) is 4.79 Å². The van der Waals surface area contributed by atoms with E-state index >= 15 is 0 Å². The van der Waals surface area contributed by atoms with Crippen LogP contribution in [0.5, 0.6) is 0 Å². The van der Waals surface area contributed by atoms with E-state index in [1.165, 1.54) is 12.8 Å². The van der Waals surface area contributed by atoms with Crippen molar-refractivity contribution in [2.24, 2.45) is 5.92 Å². The van der Waals surface area contributed by atoms with Gasteiger partial charge in [0.15, 0.2) is 0 Å². The van der Waals surface area contributed by atoms with Crippen LogP contribution in [0.15, 0.2) is 28.7 Å². The van der Waals surface area contributed by atoms with E-state index in [4.69, 9.17) is 0 Å². The summed E-state index contributed by atoms with van der Waals surface area (Å²) in [5, 5.41) is 3.23. The molecule has 1 aromatic rings. The van der Waals surface area contributed by atoms with Gasteiger partial charge in [0.25, 0.3) is 0 Å². The number of carbonyl (C=O) groups excluding carboxylic acids is 1. The summed E-state index contributed by atoms with van der Waals surface area (Å²) in [6, 6.07) is 8.00. The van der Waals surface area contributed by atoms with Crippen LogP contribution in [0.25, 0.3) is 0 Å². The lowest BCUT2D eigenvalue weighted by atomic mass is 10.2. The molecule has 1 N–H and O–H groups in total. The molecular formula is C14H20BrClN2O. The molecule has 0 bridgehead atoms. The van der Waals surface area contributed by atoms with Crippen molar-refractivity contribution in [2.75, 3.05) is 20.1 Å². The van der Waals surface area contributed by atoms with Crippen molar-refractivity contribution >= 4 is 34.2 Å². The molecule has 0 aromatic heterocycles. The molecule has 1 aliphatic carbocycles. The fraction of sp³-hybridized carbons (Fsp3) is 0.500. The molecule has 1 saturated carbocycles. The summed E-state index contributed by atoms with van der Waals surface area (Å²) in [5.74, 6) is 0.956. The highest BCUT2D eigenvalue weighted by Gasteiger charge is 2.21. The lowest BCUT2D eigenvalue weighted by molar-refractivity contribution is -0.129. The molecule has 1 aliphatic rings. The third kappa shape index (κ3) is 5.51. The molecule has 0 atom stereocenters. The minimum atomic E-state index is 0. The first kappa shape index (κ1) is 16.5. The van der Waals surface area contributed by atoms with E-state index in [-0.39, 0.29) is 18.3 Å². The monoisotopic (exact) mass is 346 g/mol. The second-order valence-corrected chi connectivity index (χ2v) is 5.77. The normalized spacial score (nSPS) is 13.8. The average Bonchev–Trinajstić information content (AvgIpc) is 3.16. The molecule has 106 valence electrons. The van der Waals surface area contributed by atoms with Gasteiger partial charge < -0.3 is 10.2 Å². The largest absolute Gasteiger partial charge is 0.340 e. The van der Waals surface area contributed by atoms with Gasteiger partial charge in [-0.3, -0.25) is 4.79 Å². The first-order valence-electron chi connectivity index (χ1n) is 6.35. The molecule has 2 rings (SSSR count). The van der Waals surface area contributed by atoms with E-state index in [0.717, 1.165) is 22.5 Å². The lowest BCUT2D eigenvalue weighted by Gasteiger charge is -2.18. The highest BCUT2D eigenvalue weighted by Crippen LogP contribution is 2.27. The summed E-state index contributed by atoms with van der Waals surface area (Å²) >= 11 is 3.50. The fourth-order valence-corrected chi connectivity index (χ4v) is 2.22. The van der Waals surface area contributed by atoms with Gasteiger partial charge in [-0.05, 0) is 36.9 Å². The van der Waals surface area contributed by atoms with Crippen molar-refractivity contribution in [3.63, 3.8) is 0 Å². The highest BCUT2D eigenvalue weighted by atomic mass is 79.9. The zero-order valence-electron chi connectivity index (χ0n) is 11.1. The maximum Gasteiger partial charge on any atom is 0.236 e. The highest BCUT2D eigenvalue weighted by molar-refractivity contribution is 9.10. The van der Waals surface area contributed by atoms with Gasteiger partial charge in [0.2, 0.25) is 5.91 Å². The van der Waals surface area contributed by atoms with Crippen LogP contribution >= 0.6 is 28.3 Å². The minimum Gasteiger partial charge on any atom is -0.340 e. The molecule has 19 heavy (non-hydrogen) atoms. The third-order valence-corrected chi connectivity index (χ3v) is 3.97. The molecule has 5 heteroatoms. The van der Waals surface area contributed by atoms with Crippen LogP contribution in [0.4, 0.5) is 0 Å². The number of hydrogen-bond donors (Lipinski definition) is 1. The zero-order chi connectivity index (χ0) is 13.0. The van der Waals surface area contributed by atoms with Gasteiger partial charge in [-0.15, -0.1) is 12.4 Å². The van der Waals surface area contributed by atoms with Crippen LogP contribution in [-0.2, 0) is 11.3 Å². The summed E-state index contributed by atoms with van der Waals surface area (Å²) in [6.45, 7) is 2.07. The molecule has 0 saturated heterocycles. The number of nitrogens with one attached hydrogen (secondary N) is 1. The van der Waals surface area contributed by atoms with E-state index in [1.807, 2.05) is 31.3 Å². The molecule has 0 heterocycles. The van der Waals surface area contributed by atoms with Crippen molar-refractivity contribution in [3.8, 4) is 0 Å². The number of hydrogen-bond acceptors (Lipinski definition) is 2. The van der Waals surface area contributed by atoms with Crippen molar-refractivity contribution in [1.29, 1.82) is 0 Å². The van der Waals surface area contributed by atoms with Gasteiger partial charge in [0.1, 0.15) is 0 Å². The Labute approximate surface area is 129 Å². The topological polar surface area (TPSA) is 32.3 Å². The Balaban J connectivity index is 0.00000180. The van der Waals surface area contributed by atoms with Crippen molar-refractivity contribution < 1.29 is 4.79 Å². The average molecular weight is 348 g/mol. The van der Waals surface area contributed by atoms with E-state index in [0.29, 0.717) is 13.1 Å². The Morgan fingerprint density at radius 3 is 2.74 bits per heavy atom. The Morgan fingerprint density at radius 1 is 1.42 bits per heavy atom. The van der Waals surface area contributed by atoms with Gasteiger partial charge in [0, 0.05) is 18.1 Å². The SMILES string of the molecule is CN(Cc1ccccc1Br)C(=O)CNCC1CC1.Cl. The van der Waals surface area contributed by atoms with Crippen LogP contribution < -0.4 is 5.32 Å². The second-order valence-electron chi connectivity index (χ2n) is 4.92. The number of amides is 1. The number of nitrogens with zero attached hydrogens (tertiary/aromatic N) is 1. The maximum absolute atomic E-state index is 11.9. The van der Waals surface area contributed by atoms with Crippen LogP contribution in [-0.4, -0.2) is 30.9 Å². The molecule has 0 radical (unpaired) electrons. The summed E-state index contributed by atoms with van der Waals surface area (Å²) in [7, 11) is 1.85. The summed E-state index contributed by atoms with van der Waals surface area (Å²) < 4.78 is 1.05. The molecule has 0 unspecified atom stereocenters. The minimum absolute atomic E-state index is 0. The first-order valence-corrected chi connectivity index (χ1v) is 7.14. The zero-order valence-corrected chi connectivity index (χ0v) is 13.5. The Kier molecular flexibility index (Phi) is 6.83. The van der Waals surface area contributed by atoms with Crippen LogP contribution in [0, 0.1) is 5.92 Å². The maximum atomic E-state index is 11.9. The number of carbonyl (C=O) groups is 1. The number of likely N-dealkylation sites (N-methyl/N-ethyl adjacent to an activating group) is 1. The van der Waals surface area contributed by atoms with Gasteiger partial charge >= 0.3 is 0 Å². The van der Waals surface area contributed by atoms with Gasteiger partial charge in [0.05, 0.1) is 6.54 Å². The number of rotatable bonds is 6. The standard InChI is InChI=1S/C14H19BrN2O.ClH/c1-17(10-12-4-2-3-5-13(12)15)14(18)9-16-8-11-6-7-11;/h2-5,11,16H,6-10H2,1H3;1H. The van der Waals surface area contributed by atoms with Gasteiger partial charge in [-0.25, -0.2) is 0 Å². The van der Waals surface area contributed by atoms with Crippen molar-refractivity contribution in [1.82, 2.24) is 10.2 Å². The lowest BCUT2D eigenvalue weighted by Crippen LogP contribution is -2.35. The molecule has 0 aliphatic heterocycles. The molecule has 1 amide bonds. The fourth-order valence-electron chi connectivity index (χ4n) is 1.81. The number of halogens is 2. The molecule has 3 nitrogen and oxygen atoms in total. The van der Waals surface area contributed by atoms with Gasteiger partial charge in [-0.1, -0.05) is 34.1 Å². The predicted molar refractivity (Wildman–Crippen MR) is 83.5 cm³/mol. The Bertz CT molecular complexity index is 424. The second kappa shape index (κ2) is 7.88. The van der Waals surface area contributed by atoms with E-state index < -0.39 is 0 Å². The van der Waals surface area contributed by atoms with Crippen LogP contribution in [0.3, 0.4) is 0 Å². The summed E-state index contributed by atoms with van der Waals surface area (Å²) in [5.41, 5.74) is 1.13.